The molecule has 0 saturated carbocycles. The Morgan fingerprint density at radius 2 is 1.58 bits per heavy atom. The number of anilines is 1. The van der Waals surface area contributed by atoms with Crippen LogP contribution in [0.4, 0.5) is 5.69 Å². The zero-order chi connectivity index (χ0) is 14.0. The van der Waals surface area contributed by atoms with Crippen LogP contribution in [-0.4, -0.2) is 8.42 Å². The Labute approximate surface area is 129 Å². The maximum absolute atomic E-state index is 12.2. The van der Waals surface area contributed by atoms with Gasteiger partial charge in [-0.15, -0.1) is 0 Å². The molecule has 0 saturated heterocycles. The molecular weight excluding hydrogens is 373 g/mol. The molecule has 0 atom stereocenters. The summed E-state index contributed by atoms with van der Waals surface area (Å²) in [4.78, 5) is 0.123. The fourth-order valence-corrected chi connectivity index (χ4v) is 3.72. The second-order valence-corrected chi connectivity index (χ2v) is 7.07. The van der Waals surface area contributed by atoms with Crippen LogP contribution in [0.5, 0.6) is 0 Å². The molecule has 0 fully saturated rings. The quantitative estimate of drug-likeness (QED) is 0.848. The second-order valence-electron chi connectivity index (χ2n) is 3.66. The summed E-state index contributed by atoms with van der Waals surface area (Å²) in [6.45, 7) is 0. The van der Waals surface area contributed by atoms with Gasteiger partial charge in [-0.1, -0.05) is 51.3 Å². The molecule has 0 aromatic heterocycles. The number of rotatable bonds is 3. The zero-order valence-corrected chi connectivity index (χ0v) is 13.3. The van der Waals surface area contributed by atoms with Gasteiger partial charge in [-0.3, -0.25) is 4.72 Å². The van der Waals surface area contributed by atoms with E-state index in [4.69, 9.17) is 23.2 Å². The minimum atomic E-state index is -3.73. The summed E-state index contributed by atoms with van der Waals surface area (Å²) in [5.41, 5.74) is 0.172. The van der Waals surface area contributed by atoms with Crippen LogP contribution in [0.25, 0.3) is 0 Å². The minimum absolute atomic E-state index is 0.123. The smallest absolute Gasteiger partial charge is 0.262 e. The normalized spacial score (nSPS) is 11.3. The van der Waals surface area contributed by atoms with Gasteiger partial charge in [-0.2, -0.15) is 0 Å². The Morgan fingerprint density at radius 1 is 1.00 bits per heavy atom. The lowest BCUT2D eigenvalue weighted by molar-refractivity contribution is 0.601. The zero-order valence-electron chi connectivity index (χ0n) is 9.40. The number of halogens is 3. The molecule has 0 heterocycles. The van der Waals surface area contributed by atoms with Gasteiger partial charge in [0.1, 0.15) is 0 Å². The summed E-state index contributed by atoms with van der Waals surface area (Å²) >= 11 is 15.1. The highest BCUT2D eigenvalue weighted by molar-refractivity contribution is 9.10. The van der Waals surface area contributed by atoms with Crippen LogP contribution < -0.4 is 4.72 Å². The highest BCUT2D eigenvalue weighted by atomic mass is 79.9. The van der Waals surface area contributed by atoms with Crippen molar-refractivity contribution in [1.82, 2.24) is 0 Å². The van der Waals surface area contributed by atoms with Crippen molar-refractivity contribution in [2.24, 2.45) is 0 Å². The Hall–Kier alpha value is -0.750. The molecule has 19 heavy (non-hydrogen) atoms. The van der Waals surface area contributed by atoms with E-state index < -0.39 is 10.0 Å². The molecule has 2 rings (SSSR count). The van der Waals surface area contributed by atoms with E-state index in [0.717, 1.165) is 0 Å². The molecule has 100 valence electrons. The van der Waals surface area contributed by atoms with E-state index >= 15 is 0 Å². The van der Waals surface area contributed by atoms with Crippen LogP contribution >= 0.6 is 39.1 Å². The molecule has 0 aliphatic carbocycles. The van der Waals surface area contributed by atoms with Crippen molar-refractivity contribution < 1.29 is 8.42 Å². The van der Waals surface area contributed by atoms with Crippen molar-refractivity contribution >= 4 is 54.8 Å². The van der Waals surface area contributed by atoms with Gasteiger partial charge in [0.25, 0.3) is 10.0 Å². The van der Waals surface area contributed by atoms with E-state index in [-0.39, 0.29) is 20.6 Å². The molecular formula is C12H8BrCl2NO2S. The van der Waals surface area contributed by atoms with Crippen molar-refractivity contribution in [1.29, 1.82) is 0 Å². The van der Waals surface area contributed by atoms with Gasteiger partial charge < -0.3 is 0 Å². The monoisotopic (exact) mass is 379 g/mol. The van der Waals surface area contributed by atoms with Crippen LogP contribution in [-0.2, 0) is 10.0 Å². The van der Waals surface area contributed by atoms with Gasteiger partial charge in [0.05, 0.1) is 20.6 Å². The second kappa shape index (κ2) is 5.71. The first-order valence-corrected chi connectivity index (χ1v) is 8.16. The third-order valence-corrected chi connectivity index (χ3v) is 4.78. The standard InChI is InChI=1S/C12H8BrCl2NO2S/c13-8-3-1-4-9(7-8)19(17,18)16-12-10(14)5-2-6-11(12)15/h1-7,16H. The maximum Gasteiger partial charge on any atom is 0.262 e. The average molecular weight is 381 g/mol. The number of benzene rings is 2. The molecule has 2 aromatic rings. The number of para-hydroxylation sites is 1. The third kappa shape index (κ3) is 3.42. The largest absolute Gasteiger partial charge is 0.277 e. The topological polar surface area (TPSA) is 46.2 Å². The van der Waals surface area contributed by atoms with E-state index in [1.807, 2.05) is 0 Å². The van der Waals surface area contributed by atoms with Gasteiger partial charge in [0.2, 0.25) is 0 Å². The first kappa shape index (κ1) is 14.7. The SMILES string of the molecule is O=S(=O)(Nc1c(Cl)cccc1Cl)c1cccc(Br)c1. The van der Waals surface area contributed by atoms with Gasteiger partial charge >= 0.3 is 0 Å². The molecule has 0 amide bonds. The Bertz CT molecular complexity index is 699. The third-order valence-electron chi connectivity index (χ3n) is 2.31. The maximum atomic E-state index is 12.2. The Balaban J connectivity index is 2.42. The molecule has 0 unspecified atom stereocenters. The molecule has 0 radical (unpaired) electrons. The van der Waals surface area contributed by atoms with E-state index in [9.17, 15) is 8.42 Å². The van der Waals surface area contributed by atoms with Crippen LogP contribution in [0.2, 0.25) is 10.0 Å². The number of hydrogen-bond donors (Lipinski definition) is 1. The van der Waals surface area contributed by atoms with Crippen molar-refractivity contribution in [2.75, 3.05) is 4.72 Å². The van der Waals surface area contributed by atoms with Gasteiger partial charge in [0, 0.05) is 4.47 Å². The summed E-state index contributed by atoms with van der Waals surface area (Å²) in [5, 5.41) is 0.483. The summed E-state index contributed by atoms with van der Waals surface area (Å²) < 4.78 is 27.5. The fourth-order valence-electron chi connectivity index (χ4n) is 1.42. The number of hydrogen-bond acceptors (Lipinski definition) is 2. The van der Waals surface area contributed by atoms with Crippen molar-refractivity contribution in [2.45, 2.75) is 4.90 Å². The molecule has 0 aliphatic heterocycles. The predicted molar refractivity (Wildman–Crippen MR) is 81.4 cm³/mol. The van der Waals surface area contributed by atoms with E-state index in [2.05, 4.69) is 20.7 Å². The van der Waals surface area contributed by atoms with Crippen molar-refractivity contribution in [3.05, 3.63) is 57.0 Å². The van der Waals surface area contributed by atoms with Crippen LogP contribution in [0.15, 0.2) is 51.8 Å². The van der Waals surface area contributed by atoms with Gasteiger partial charge in [0.15, 0.2) is 0 Å². The Morgan fingerprint density at radius 3 is 2.16 bits per heavy atom. The molecule has 3 nitrogen and oxygen atoms in total. The summed E-state index contributed by atoms with van der Waals surface area (Å²) in [6, 6.07) is 11.1. The summed E-state index contributed by atoms with van der Waals surface area (Å²) in [5.74, 6) is 0. The van der Waals surface area contributed by atoms with E-state index in [1.165, 1.54) is 12.1 Å². The highest BCUT2D eigenvalue weighted by Crippen LogP contribution is 2.32. The average Bonchev–Trinajstić information content (AvgIpc) is 2.34. The fraction of sp³-hybridized carbons (Fsp3) is 0. The van der Waals surface area contributed by atoms with E-state index in [0.29, 0.717) is 4.47 Å². The number of sulfonamides is 1. The lowest BCUT2D eigenvalue weighted by atomic mass is 10.3. The molecule has 2 aromatic carbocycles. The highest BCUT2D eigenvalue weighted by Gasteiger charge is 2.17. The first-order chi connectivity index (χ1) is 8.90. The van der Waals surface area contributed by atoms with Crippen LogP contribution in [0.1, 0.15) is 0 Å². The number of nitrogens with one attached hydrogen (secondary N) is 1. The minimum Gasteiger partial charge on any atom is -0.277 e. The Kier molecular flexibility index (Phi) is 4.40. The van der Waals surface area contributed by atoms with Crippen molar-refractivity contribution in [3.8, 4) is 0 Å². The van der Waals surface area contributed by atoms with E-state index in [1.54, 1.807) is 30.3 Å². The summed E-state index contributed by atoms with van der Waals surface area (Å²) in [6.07, 6.45) is 0. The lowest BCUT2D eigenvalue weighted by Gasteiger charge is -2.11. The lowest BCUT2D eigenvalue weighted by Crippen LogP contribution is -2.13. The van der Waals surface area contributed by atoms with Gasteiger partial charge in [-0.05, 0) is 30.3 Å². The van der Waals surface area contributed by atoms with Crippen LogP contribution in [0, 0.1) is 0 Å². The molecule has 0 spiro atoms. The van der Waals surface area contributed by atoms with Gasteiger partial charge in [-0.25, -0.2) is 8.42 Å². The molecule has 7 heteroatoms. The van der Waals surface area contributed by atoms with Crippen molar-refractivity contribution in [3.63, 3.8) is 0 Å². The molecule has 0 aliphatic rings. The first-order valence-electron chi connectivity index (χ1n) is 5.12. The molecule has 0 bridgehead atoms. The van der Waals surface area contributed by atoms with Crippen LogP contribution in [0.3, 0.4) is 0 Å². The summed E-state index contributed by atoms with van der Waals surface area (Å²) in [7, 11) is -3.73. The predicted octanol–water partition coefficient (Wildman–Crippen LogP) is 4.56. The molecule has 1 N–H and O–H groups in total.